The molecule has 2 aromatic carbocycles. The number of nitrogens with one attached hydrogen (secondary N) is 2. The normalized spacial score (nSPS) is 11.7. The second kappa shape index (κ2) is 6.87. The van der Waals surface area contributed by atoms with E-state index in [1.165, 1.54) is 12.3 Å². The van der Waals surface area contributed by atoms with Gasteiger partial charge in [-0.1, -0.05) is 30.3 Å². The fourth-order valence-electron chi connectivity index (χ4n) is 2.19. The number of hydrogen-bond donors (Lipinski definition) is 2. The van der Waals surface area contributed by atoms with E-state index in [2.05, 4.69) is 10.9 Å². The lowest BCUT2D eigenvalue weighted by Gasteiger charge is -2.15. The van der Waals surface area contributed by atoms with E-state index in [0.717, 1.165) is 10.8 Å². The van der Waals surface area contributed by atoms with Crippen molar-refractivity contribution in [2.24, 2.45) is 0 Å². The van der Waals surface area contributed by atoms with Crippen molar-refractivity contribution in [1.29, 1.82) is 0 Å². The Hall–Kier alpha value is -3.28. The summed E-state index contributed by atoms with van der Waals surface area (Å²) >= 11 is 0. The van der Waals surface area contributed by atoms with E-state index in [1.54, 1.807) is 19.1 Å². The molecule has 2 N–H and O–H groups in total. The number of hydrogen-bond acceptors (Lipinski definition) is 4. The molecule has 0 unspecified atom stereocenters. The van der Waals surface area contributed by atoms with Crippen molar-refractivity contribution in [3.05, 3.63) is 66.6 Å². The van der Waals surface area contributed by atoms with Crippen molar-refractivity contribution in [3.8, 4) is 5.75 Å². The predicted octanol–water partition coefficient (Wildman–Crippen LogP) is 2.66. The molecule has 24 heavy (non-hydrogen) atoms. The maximum Gasteiger partial charge on any atom is 0.305 e. The molecule has 0 aliphatic carbocycles. The van der Waals surface area contributed by atoms with Gasteiger partial charge < -0.3 is 9.15 Å². The summed E-state index contributed by atoms with van der Waals surface area (Å²) in [5.74, 6) is -0.318. The standard InChI is InChI=1S/C18H16N2O4/c1-12(17(21)19-20-18(22)16-7-4-10-23-16)24-15-9-8-13-5-2-3-6-14(13)11-15/h2-12H,1H3,(H,19,21)(H,20,22)/t12-/m0/s1. The molecule has 3 rings (SSSR count). The molecule has 0 saturated carbocycles. The van der Waals surface area contributed by atoms with Gasteiger partial charge in [0.15, 0.2) is 11.9 Å². The van der Waals surface area contributed by atoms with Gasteiger partial charge in [-0.25, -0.2) is 0 Å². The molecule has 1 atom stereocenters. The Kier molecular flexibility index (Phi) is 4.47. The van der Waals surface area contributed by atoms with Gasteiger partial charge in [-0.3, -0.25) is 20.4 Å². The zero-order chi connectivity index (χ0) is 16.9. The first-order valence-electron chi connectivity index (χ1n) is 7.42. The molecular formula is C18H16N2O4. The predicted molar refractivity (Wildman–Crippen MR) is 88.4 cm³/mol. The van der Waals surface area contributed by atoms with Crippen molar-refractivity contribution in [1.82, 2.24) is 10.9 Å². The maximum absolute atomic E-state index is 12.0. The summed E-state index contributed by atoms with van der Waals surface area (Å²) in [7, 11) is 0. The maximum atomic E-state index is 12.0. The van der Waals surface area contributed by atoms with Crippen molar-refractivity contribution in [2.45, 2.75) is 13.0 Å². The Morgan fingerprint density at radius 2 is 1.79 bits per heavy atom. The zero-order valence-corrected chi connectivity index (χ0v) is 13.0. The molecule has 3 aromatic rings. The van der Waals surface area contributed by atoms with Gasteiger partial charge in [0, 0.05) is 0 Å². The summed E-state index contributed by atoms with van der Waals surface area (Å²) < 4.78 is 10.6. The van der Waals surface area contributed by atoms with Crippen LogP contribution in [0.2, 0.25) is 0 Å². The van der Waals surface area contributed by atoms with Gasteiger partial charge in [0.25, 0.3) is 5.91 Å². The van der Waals surface area contributed by atoms with Crippen LogP contribution in [0.15, 0.2) is 65.3 Å². The first-order chi connectivity index (χ1) is 11.6. The fourth-order valence-corrected chi connectivity index (χ4v) is 2.19. The number of rotatable bonds is 4. The summed E-state index contributed by atoms with van der Waals surface area (Å²) in [5.41, 5.74) is 4.57. The molecule has 1 heterocycles. The minimum atomic E-state index is -0.775. The third-order valence-electron chi connectivity index (χ3n) is 3.45. The van der Waals surface area contributed by atoms with Crippen LogP contribution in [-0.4, -0.2) is 17.9 Å². The first-order valence-corrected chi connectivity index (χ1v) is 7.42. The SMILES string of the molecule is C[C@H](Oc1ccc2ccccc2c1)C(=O)NNC(=O)c1ccco1. The second-order valence-electron chi connectivity index (χ2n) is 5.19. The van der Waals surface area contributed by atoms with E-state index in [9.17, 15) is 9.59 Å². The van der Waals surface area contributed by atoms with Crippen LogP contribution in [0.3, 0.4) is 0 Å². The highest BCUT2D eigenvalue weighted by atomic mass is 16.5. The molecule has 0 aliphatic heterocycles. The minimum absolute atomic E-state index is 0.110. The number of furan rings is 1. The van der Waals surface area contributed by atoms with E-state index in [0.29, 0.717) is 5.75 Å². The molecule has 6 nitrogen and oxygen atoms in total. The lowest BCUT2D eigenvalue weighted by atomic mass is 10.1. The monoisotopic (exact) mass is 324 g/mol. The molecule has 6 heteroatoms. The molecule has 0 bridgehead atoms. The number of carbonyl (C=O) groups excluding carboxylic acids is 2. The number of carbonyl (C=O) groups is 2. The van der Waals surface area contributed by atoms with E-state index in [-0.39, 0.29) is 5.76 Å². The average molecular weight is 324 g/mol. The zero-order valence-electron chi connectivity index (χ0n) is 13.0. The fraction of sp³-hybridized carbons (Fsp3) is 0.111. The van der Waals surface area contributed by atoms with Crippen LogP contribution in [-0.2, 0) is 4.79 Å². The van der Waals surface area contributed by atoms with E-state index < -0.39 is 17.9 Å². The highest BCUT2D eigenvalue weighted by molar-refractivity contribution is 5.93. The summed E-state index contributed by atoms with van der Waals surface area (Å²) in [4.78, 5) is 23.7. The van der Waals surface area contributed by atoms with Gasteiger partial charge in [-0.05, 0) is 42.0 Å². The number of benzene rings is 2. The first kappa shape index (κ1) is 15.6. The number of ether oxygens (including phenoxy) is 1. The minimum Gasteiger partial charge on any atom is -0.481 e. The molecule has 1 aromatic heterocycles. The summed E-state index contributed by atoms with van der Waals surface area (Å²) in [6.07, 6.45) is 0.602. The van der Waals surface area contributed by atoms with Gasteiger partial charge in [0.2, 0.25) is 0 Å². The van der Waals surface area contributed by atoms with Crippen LogP contribution in [0.4, 0.5) is 0 Å². The van der Waals surface area contributed by atoms with Gasteiger partial charge in [-0.15, -0.1) is 0 Å². The summed E-state index contributed by atoms with van der Waals surface area (Å²) in [6, 6.07) is 16.5. The summed E-state index contributed by atoms with van der Waals surface area (Å²) in [6.45, 7) is 1.60. The Bertz CT molecular complexity index is 858. The van der Waals surface area contributed by atoms with Gasteiger partial charge >= 0.3 is 5.91 Å². The van der Waals surface area contributed by atoms with Gasteiger partial charge in [-0.2, -0.15) is 0 Å². The number of fused-ring (bicyclic) bond motifs is 1. The molecule has 0 saturated heterocycles. The van der Waals surface area contributed by atoms with Crippen LogP contribution in [0, 0.1) is 0 Å². The van der Waals surface area contributed by atoms with Crippen LogP contribution in [0.1, 0.15) is 17.5 Å². The Balaban J connectivity index is 1.57. The van der Waals surface area contributed by atoms with Crippen LogP contribution in [0.25, 0.3) is 10.8 Å². The highest BCUT2D eigenvalue weighted by Gasteiger charge is 2.16. The average Bonchev–Trinajstić information content (AvgIpc) is 3.14. The molecule has 2 amide bonds. The van der Waals surface area contributed by atoms with E-state index in [4.69, 9.17) is 9.15 Å². The topological polar surface area (TPSA) is 80.6 Å². The lowest BCUT2D eigenvalue weighted by molar-refractivity contribution is -0.128. The quantitative estimate of drug-likeness (QED) is 0.723. The number of hydrazine groups is 1. The molecule has 0 radical (unpaired) electrons. The number of amides is 2. The molecule has 0 spiro atoms. The Morgan fingerprint density at radius 3 is 2.54 bits per heavy atom. The Morgan fingerprint density at radius 1 is 1.00 bits per heavy atom. The van der Waals surface area contributed by atoms with Crippen LogP contribution >= 0.6 is 0 Å². The summed E-state index contributed by atoms with van der Waals surface area (Å²) in [5, 5.41) is 2.11. The molecule has 0 fully saturated rings. The second-order valence-corrected chi connectivity index (χ2v) is 5.19. The Labute approximate surface area is 138 Å². The van der Waals surface area contributed by atoms with Gasteiger partial charge in [0.05, 0.1) is 6.26 Å². The molecule has 122 valence electrons. The van der Waals surface area contributed by atoms with Crippen molar-refractivity contribution >= 4 is 22.6 Å². The van der Waals surface area contributed by atoms with E-state index in [1.807, 2.05) is 36.4 Å². The smallest absolute Gasteiger partial charge is 0.305 e. The molecular weight excluding hydrogens is 308 g/mol. The van der Waals surface area contributed by atoms with Crippen LogP contribution < -0.4 is 15.6 Å². The van der Waals surface area contributed by atoms with Crippen molar-refractivity contribution in [2.75, 3.05) is 0 Å². The van der Waals surface area contributed by atoms with Crippen molar-refractivity contribution in [3.63, 3.8) is 0 Å². The highest BCUT2D eigenvalue weighted by Crippen LogP contribution is 2.21. The molecule has 0 aliphatic rings. The largest absolute Gasteiger partial charge is 0.481 e. The van der Waals surface area contributed by atoms with Gasteiger partial charge in [0.1, 0.15) is 5.75 Å². The van der Waals surface area contributed by atoms with Crippen molar-refractivity contribution < 1.29 is 18.7 Å². The lowest BCUT2D eigenvalue weighted by Crippen LogP contribution is -2.47. The van der Waals surface area contributed by atoms with Crippen LogP contribution in [0.5, 0.6) is 5.75 Å². The third kappa shape index (κ3) is 3.55. The third-order valence-corrected chi connectivity index (χ3v) is 3.45. The van der Waals surface area contributed by atoms with E-state index >= 15 is 0 Å².